The summed E-state index contributed by atoms with van der Waals surface area (Å²) in [6, 6.07) is -0.748. The topological polar surface area (TPSA) is 199 Å². The molecule has 0 fully saturated rings. The Morgan fingerprint density at radius 3 is 1.37 bits per heavy atom. The first-order chi connectivity index (χ1) is 26.4. The number of ether oxygens (including phenoxy) is 4. The van der Waals surface area contributed by atoms with E-state index >= 15 is 0 Å². The van der Waals surface area contributed by atoms with Crippen molar-refractivity contribution in [3.05, 3.63) is 0 Å². The first kappa shape index (κ1) is 51.4. The minimum absolute atomic E-state index is 0.0395. The number of carboxylic acid groups (broad SMARTS) is 2. The van der Waals surface area contributed by atoms with E-state index in [1.54, 1.807) is 0 Å². The Morgan fingerprint density at radius 1 is 0.481 bits per heavy atom. The molecule has 14 heteroatoms. The van der Waals surface area contributed by atoms with E-state index in [4.69, 9.17) is 24.1 Å². The van der Waals surface area contributed by atoms with Crippen LogP contribution in [-0.2, 0) is 42.9 Å². The maximum absolute atomic E-state index is 12.2. The monoisotopic (exact) mass is 774 g/mol. The molecular weight excluding hydrogens is 698 g/mol. The molecule has 0 aliphatic rings. The molecule has 0 aliphatic carbocycles. The summed E-state index contributed by atoms with van der Waals surface area (Å²) < 4.78 is 20.8. The second-order valence-electron chi connectivity index (χ2n) is 13.8. The number of unbranched alkanes of at least 4 members (excludes halogenated alkanes) is 19. The van der Waals surface area contributed by atoms with Gasteiger partial charge in [-0.05, 0) is 25.8 Å². The molecule has 0 radical (unpaired) electrons. The van der Waals surface area contributed by atoms with E-state index in [1.165, 1.54) is 96.3 Å². The number of nitrogens with one attached hydrogen (secondary N) is 3. The van der Waals surface area contributed by atoms with Gasteiger partial charge in [0.25, 0.3) is 0 Å². The zero-order valence-corrected chi connectivity index (χ0v) is 33.3. The molecule has 14 nitrogen and oxygen atoms in total. The number of aldehydes is 1. The molecular formula is C40H75N3O11. The van der Waals surface area contributed by atoms with E-state index in [0.29, 0.717) is 52.2 Å². The maximum Gasteiger partial charge on any atom is 0.320 e. The van der Waals surface area contributed by atoms with Crippen molar-refractivity contribution >= 4 is 30.0 Å². The minimum atomic E-state index is -0.944. The van der Waals surface area contributed by atoms with Crippen LogP contribution in [-0.4, -0.2) is 119 Å². The van der Waals surface area contributed by atoms with Crippen LogP contribution in [0.25, 0.3) is 0 Å². The molecule has 0 saturated heterocycles. The molecule has 0 aromatic carbocycles. The summed E-state index contributed by atoms with van der Waals surface area (Å²) in [7, 11) is 0. The molecule has 0 aromatic rings. The van der Waals surface area contributed by atoms with Crippen LogP contribution < -0.4 is 16.0 Å². The summed E-state index contributed by atoms with van der Waals surface area (Å²) in [6.45, 7) is 2.95. The van der Waals surface area contributed by atoms with Gasteiger partial charge in [-0.3, -0.25) is 19.2 Å². The van der Waals surface area contributed by atoms with E-state index in [1.807, 2.05) is 0 Å². The fourth-order valence-electron chi connectivity index (χ4n) is 5.85. The average molecular weight is 774 g/mol. The van der Waals surface area contributed by atoms with Gasteiger partial charge in [-0.1, -0.05) is 116 Å². The van der Waals surface area contributed by atoms with Crippen LogP contribution in [0.4, 0.5) is 0 Å². The Labute approximate surface area is 324 Å². The Balaban J connectivity index is 3.49. The van der Waals surface area contributed by atoms with Crippen molar-refractivity contribution in [3.63, 3.8) is 0 Å². The number of rotatable bonds is 44. The third-order valence-electron chi connectivity index (χ3n) is 8.97. The molecule has 5 N–H and O–H groups in total. The number of carbonyl (C=O) groups excluding carboxylic acids is 3. The standard InChI is InChI=1S/C40H75N3O11/c44-27-30-53-32-31-51-29-26-43-38(46)35-54-34-33-52-28-25-42-37(45)23-22-36(40(49)50)41-24-20-18-16-14-12-10-8-6-4-2-1-3-5-7-9-11-13-15-17-19-21-39(47)48/h27,36,41H,1-26,28-35H2,(H,42,45)(H,43,46)(H,47,48)(H,49,50)/t36-/m0/s1. The minimum Gasteiger partial charge on any atom is -0.481 e. The van der Waals surface area contributed by atoms with Gasteiger partial charge in [0.05, 0.1) is 39.6 Å². The fourth-order valence-corrected chi connectivity index (χ4v) is 5.85. The lowest BCUT2D eigenvalue weighted by molar-refractivity contribution is -0.140. The smallest absolute Gasteiger partial charge is 0.320 e. The fraction of sp³-hybridized carbons (Fsp3) is 0.875. The number of hydrogen-bond acceptors (Lipinski definition) is 10. The maximum atomic E-state index is 12.2. The summed E-state index contributed by atoms with van der Waals surface area (Å²) in [6.07, 6.45) is 25.8. The van der Waals surface area contributed by atoms with Crippen LogP contribution in [0, 0.1) is 0 Å². The van der Waals surface area contributed by atoms with E-state index in [-0.39, 0.29) is 57.7 Å². The highest BCUT2D eigenvalue weighted by Crippen LogP contribution is 2.15. The Kier molecular flexibility index (Phi) is 39.5. The van der Waals surface area contributed by atoms with Gasteiger partial charge >= 0.3 is 11.9 Å². The van der Waals surface area contributed by atoms with Crippen molar-refractivity contribution in [2.75, 3.05) is 72.5 Å². The Bertz CT molecular complexity index is 910. The lowest BCUT2D eigenvalue weighted by atomic mass is 10.0. The van der Waals surface area contributed by atoms with Crippen molar-refractivity contribution in [1.82, 2.24) is 16.0 Å². The SMILES string of the molecule is O=CCOCCOCCNC(=O)COCCOCCNC(=O)CC[C@H](NCCCCCCCCCCCCCCCCCCCCCCC(=O)O)C(=O)O. The molecule has 0 bridgehead atoms. The predicted octanol–water partition coefficient (Wildman–Crippen LogP) is 5.58. The van der Waals surface area contributed by atoms with Crippen molar-refractivity contribution in [2.24, 2.45) is 0 Å². The van der Waals surface area contributed by atoms with E-state index < -0.39 is 18.0 Å². The molecule has 54 heavy (non-hydrogen) atoms. The third-order valence-corrected chi connectivity index (χ3v) is 8.97. The molecule has 0 heterocycles. The van der Waals surface area contributed by atoms with Gasteiger partial charge in [0.2, 0.25) is 11.8 Å². The number of aliphatic carboxylic acids is 2. The molecule has 316 valence electrons. The Morgan fingerprint density at radius 2 is 0.907 bits per heavy atom. The van der Waals surface area contributed by atoms with Gasteiger partial charge in [-0.2, -0.15) is 0 Å². The molecule has 0 saturated carbocycles. The van der Waals surface area contributed by atoms with Crippen LogP contribution in [0.5, 0.6) is 0 Å². The summed E-state index contributed by atoms with van der Waals surface area (Å²) in [5.74, 6) is -2.12. The second-order valence-corrected chi connectivity index (χ2v) is 13.8. The number of hydrogen-bond donors (Lipinski definition) is 5. The molecule has 0 aromatic heterocycles. The largest absolute Gasteiger partial charge is 0.481 e. The van der Waals surface area contributed by atoms with Crippen LogP contribution in [0.15, 0.2) is 0 Å². The van der Waals surface area contributed by atoms with Crippen LogP contribution >= 0.6 is 0 Å². The van der Waals surface area contributed by atoms with E-state index in [0.717, 1.165) is 32.1 Å². The highest BCUT2D eigenvalue weighted by Gasteiger charge is 2.17. The summed E-state index contributed by atoms with van der Waals surface area (Å²) >= 11 is 0. The van der Waals surface area contributed by atoms with Gasteiger partial charge in [0.1, 0.15) is 25.5 Å². The highest BCUT2D eigenvalue weighted by atomic mass is 16.5. The summed E-state index contributed by atoms with van der Waals surface area (Å²) in [4.78, 5) is 56.1. The summed E-state index contributed by atoms with van der Waals surface area (Å²) in [5, 5.41) is 26.7. The van der Waals surface area contributed by atoms with Gasteiger partial charge in [0.15, 0.2) is 0 Å². The van der Waals surface area contributed by atoms with Crippen molar-refractivity contribution in [3.8, 4) is 0 Å². The average Bonchev–Trinajstić information content (AvgIpc) is 3.14. The lowest BCUT2D eigenvalue weighted by Crippen LogP contribution is -2.38. The number of carboxylic acids is 2. The second kappa shape index (κ2) is 41.5. The highest BCUT2D eigenvalue weighted by molar-refractivity contribution is 5.78. The molecule has 2 amide bonds. The van der Waals surface area contributed by atoms with Gasteiger partial charge in [0, 0.05) is 25.9 Å². The molecule has 0 spiro atoms. The molecule has 0 aliphatic heterocycles. The normalized spacial score (nSPS) is 11.7. The first-order valence-corrected chi connectivity index (χ1v) is 20.8. The molecule has 0 rings (SSSR count). The third kappa shape index (κ3) is 40.5. The quantitative estimate of drug-likeness (QED) is 0.0381. The van der Waals surface area contributed by atoms with Crippen molar-refractivity contribution in [1.29, 1.82) is 0 Å². The van der Waals surface area contributed by atoms with Gasteiger partial charge < -0.3 is 49.9 Å². The molecule has 0 unspecified atom stereocenters. The van der Waals surface area contributed by atoms with E-state index in [9.17, 15) is 29.1 Å². The zero-order valence-electron chi connectivity index (χ0n) is 33.3. The zero-order chi connectivity index (χ0) is 39.6. The predicted molar refractivity (Wildman–Crippen MR) is 209 cm³/mol. The van der Waals surface area contributed by atoms with Gasteiger partial charge in [-0.25, -0.2) is 0 Å². The van der Waals surface area contributed by atoms with Crippen molar-refractivity contribution in [2.45, 2.75) is 154 Å². The number of amides is 2. The van der Waals surface area contributed by atoms with Gasteiger partial charge in [-0.15, -0.1) is 0 Å². The first-order valence-electron chi connectivity index (χ1n) is 20.8. The van der Waals surface area contributed by atoms with Crippen LogP contribution in [0.2, 0.25) is 0 Å². The van der Waals surface area contributed by atoms with E-state index in [2.05, 4.69) is 16.0 Å². The lowest BCUT2D eigenvalue weighted by Gasteiger charge is -2.14. The summed E-state index contributed by atoms with van der Waals surface area (Å²) in [5.41, 5.74) is 0. The van der Waals surface area contributed by atoms with Crippen LogP contribution in [0.3, 0.4) is 0 Å². The van der Waals surface area contributed by atoms with Crippen LogP contribution in [0.1, 0.15) is 148 Å². The molecule has 1 atom stereocenters. The Hall–Kier alpha value is -2.65. The number of carbonyl (C=O) groups is 5. The van der Waals surface area contributed by atoms with Crippen molar-refractivity contribution < 1.29 is 53.1 Å².